The molecule has 0 saturated heterocycles. The highest BCUT2D eigenvalue weighted by atomic mass is 19.4. The van der Waals surface area contributed by atoms with E-state index in [1.165, 1.54) is 48.3 Å². The van der Waals surface area contributed by atoms with Gasteiger partial charge in [-0.25, -0.2) is 0 Å². The Morgan fingerprint density at radius 2 is 1.68 bits per heavy atom. The number of nitrogens with zero attached hydrogens (tertiary/aromatic N) is 1. The minimum atomic E-state index is -4.44. The highest BCUT2D eigenvalue weighted by molar-refractivity contribution is 5.96. The second kappa shape index (κ2) is 7.50. The van der Waals surface area contributed by atoms with Gasteiger partial charge in [-0.15, -0.1) is 0 Å². The summed E-state index contributed by atoms with van der Waals surface area (Å²) in [5.41, 5.74) is -0.380. The number of para-hydroxylation sites is 1. The summed E-state index contributed by atoms with van der Waals surface area (Å²) in [6.07, 6.45) is -4.44. The van der Waals surface area contributed by atoms with E-state index < -0.39 is 24.3 Å². The van der Waals surface area contributed by atoms with Crippen molar-refractivity contribution in [3.8, 4) is 5.75 Å². The third kappa shape index (κ3) is 4.91. The molecule has 0 spiro atoms. The van der Waals surface area contributed by atoms with Crippen molar-refractivity contribution >= 4 is 5.91 Å². The van der Waals surface area contributed by atoms with Crippen LogP contribution in [-0.2, 0) is 12.7 Å². The zero-order chi connectivity index (χ0) is 18.6. The Bertz CT molecular complexity index is 729. The number of carbonyl (C=O) groups is 1. The van der Waals surface area contributed by atoms with Crippen molar-refractivity contribution in [2.45, 2.75) is 19.3 Å². The SMILES string of the molecule is CN(Cc1ccc(C(F)(F)F)cc1)C(=O)c1ccccc1OC(F)F. The number of carbonyl (C=O) groups excluding carboxylic acids is 1. The van der Waals surface area contributed by atoms with E-state index in [2.05, 4.69) is 4.74 Å². The minimum absolute atomic E-state index is 0.0139. The van der Waals surface area contributed by atoms with Gasteiger partial charge >= 0.3 is 12.8 Å². The minimum Gasteiger partial charge on any atom is -0.434 e. The lowest BCUT2D eigenvalue weighted by Crippen LogP contribution is -2.27. The number of benzene rings is 2. The largest absolute Gasteiger partial charge is 0.434 e. The topological polar surface area (TPSA) is 29.5 Å². The van der Waals surface area contributed by atoms with E-state index in [1.807, 2.05) is 0 Å². The highest BCUT2D eigenvalue weighted by Gasteiger charge is 2.30. The van der Waals surface area contributed by atoms with E-state index in [-0.39, 0.29) is 17.9 Å². The second-order valence-corrected chi connectivity index (χ2v) is 5.23. The molecule has 25 heavy (non-hydrogen) atoms. The Balaban J connectivity index is 2.13. The Morgan fingerprint density at radius 3 is 2.24 bits per heavy atom. The van der Waals surface area contributed by atoms with Crippen LogP contribution in [0.3, 0.4) is 0 Å². The van der Waals surface area contributed by atoms with Crippen LogP contribution in [0.25, 0.3) is 0 Å². The predicted octanol–water partition coefficient (Wildman–Crippen LogP) is 4.58. The van der Waals surface area contributed by atoms with Crippen molar-refractivity contribution in [1.82, 2.24) is 4.90 Å². The first-order chi connectivity index (χ1) is 11.7. The fourth-order valence-electron chi connectivity index (χ4n) is 2.19. The van der Waals surface area contributed by atoms with E-state index >= 15 is 0 Å². The number of hydrogen-bond donors (Lipinski definition) is 0. The molecule has 134 valence electrons. The number of alkyl halides is 5. The van der Waals surface area contributed by atoms with E-state index in [9.17, 15) is 26.7 Å². The van der Waals surface area contributed by atoms with Gasteiger partial charge in [0.15, 0.2) is 0 Å². The molecule has 0 saturated carbocycles. The van der Waals surface area contributed by atoms with Gasteiger partial charge in [-0.1, -0.05) is 24.3 Å². The van der Waals surface area contributed by atoms with Crippen molar-refractivity contribution in [2.24, 2.45) is 0 Å². The summed E-state index contributed by atoms with van der Waals surface area (Å²) in [5, 5.41) is 0. The maximum atomic E-state index is 12.5. The lowest BCUT2D eigenvalue weighted by atomic mass is 10.1. The molecular weight excluding hydrogens is 345 g/mol. The summed E-state index contributed by atoms with van der Waals surface area (Å²) in [6.45, 7) is -3.06. The maximum absolute atomic E-state index is 12.5. The predicted molar refractivity (Wildman–Crippen MR) is 80.3 cm³/mol. The Hall–Kier alpha value is -2.64. The fraction of sp³-hybridized carbons (Fsp3) is 0.235. The normalized spacial score (nSPS) is 11.5. The molecule has 0 aliphatic heterocycles. The molecule has 0 N–H and O–H groups in total. The average molecular weight is 359 g/mol. The highest BCUT2D eigenvalue weighted by Crippen LogP contribution is 2.29. The molecule has 3 nitrogen and oxygen atoms in total. The molecule has 0 bridgehead atoms. The Labute approximate surface area is 140 Å². The molecule has 8 heteroatoms. The maximum Gasteiger partial charge on any atom is 0.416 e. The average Bonchev–Trinajstić information content (AvgIpc) is 2.54. The third-order valence-electron chi connectivity index (χ3n) is 3.38. The standard InChI is InChI=1S/C17H14F5NO2/c1-23(10-11-6-8-12(9-7-11)17(20,21)22)15(24)13-4-2-3-5-14(13)25-16(18)19/h2-9,16H,10H2,1H3. The third-order valence-corrected chi connectivity index (χ3v) is 3.38. The van der Waals surface area contributed by atoms with Gasteiger partial charge in [-0.2, -0.15) is 22.0 Å². The van der Waals surface area contributed by atoms with Gasteiger partial charge in [-0.05, 0) is 29.8 Å². The summed E-state index contributed by atoms with van der Waals surface area (Å²) >= 11 is 0. The van der Waals surface area contributed by atoms with Crippen LogP contribution in [0, 0.1) is 0 Å². The van der Waals surface area contributed by atoms with Crippen LogP contribution in [0.2, 0.25) is 0 Å². The smallest absolute Gasteiger partial charge is 0.416 e. The molecule has 0 unspecified atom stereocenters. The number of ether oxygens (including phenoxy) is 1. The zero-order valence-electron chi connectivity index (χ0n) is 13.1. The number of halogens is 5. The molecular formula is C17H14F5NO2. The van der Waals surface area contributed by atoms with Gasteiger partial charge < -0.3 is 9.64 Å². The Kier molecular flexibility index (Phi) is 5.61. The first-order valence-corrected chi connectivity index (χ1v) is 7.14. The van der Waals surface area contributed by atoms with Gasteiger partial charge in [0.1, 0.15) is 5.75 Å². The molecule has 1 amide bonds. The van der Waals surface area contributed by atoms with Crippen molar-refractivity contribution in [1.29, 1.82) is 0 Å². The first-order valence-electron chi connectivity index (χ1n) is 7.14. The Morgan fingerprint density at radius 1 is 1.08 bits per heavy atom. The van der Waals surface area contributed by atoms with E-state index in [0.29, 0.717) is 5.56 Å². The summed E-state index contributed by atoms with van der Waals surface area (Å²) in [5.74, 6) is -0.849. The van der Waals surface area contributed by atoms with Crippen LogP contribution in [0.15, 0.2) is 48.5 Å². The van der Waals surface area contributed by atoms with Crippen LogP contribution < -0.4 is 4.74 Å². The van der Waals surface area contributed by atoms with Gasteiger partial charge in [0.25, 0.3) is 5.91 Å². The van der Waals surface area contributed by atoms with Crippen molar-refractivity contribution in [3.05, 3.63) is 65.2 Å². The van der Waals surface area contributed by atoms with Gasteiger partial charge in [0.05, 0.1) is 11.1 Å². The first kappa shape index (κ1) is 18.7. The quantitative estimate of drug-likeness (QED) is 0.732. The van der Waals surface area contributed by atoms with Crippen LogP contribution in [-0.4, -0.2) is 24.5 Å². The van der Waals surface area contributed by atoms with Gasteiger partial charge in [0.2, 0.25) is 0 Å². The van der Waals surface area contributed by atoms with Crippen LogP contribution in [0.1, 0.15) is 21.5 Å². The van der Waals surface area contributed by atoms with Crippen molar-refractivity contribution in [3.63, 3.8) is 0 Å². The van der Waals surface area contributed by atoms with Crippen LogP contribution in [0.4, 0.5) is 22.0 Å². The van der Waals surface area contributed by atoms with E-state index in [4.69, 9.17) is 0 Å². The number of rotatable bonds is 5. The zero-order valence-corrected chi connectivity index (χ0v) is 13.1. The summed E-state index contributed by atoms with van der Waals surface area (Å²) in [7, 11) is 1.42. The number of hydrogen-bond acceptors (Lipinski definition) is 2. The lowest BCUT2D eigenvalue weighted by Gasteiger charge is -2.19. The van der Waals surface area contributed by atoms with Crippen LogP contribution >= 0.6 is 0 Å². The van der Waals surface area contributed by atoms with E-state index in [0.717, 1.165) is 12.1 Å². The summed E-state index contributed by atoms with van der Waals surface area (Å²) < 4.78 is 66.7. The van der Waals surface area contributed by atoms with Crippen molar-refractivity contribution < 1.29 is 31.5 Å². The molecule has 2 aromatic carbocycles. The molecule has 0 atom stereocenters. The monoisotopic (exact) mass is 359 g/mol. The van der Waals surface area contributed by atoms with Gasteiger partial charge in [0, 0.05) is 13.6 Å². The fourth-order valence-corrected chi connectivity index (χ4v) is 2.19. The van der Waals surface area contributed by atoms with Gasteiger partial charge in [-0.3, -0.25) is 4.79 Å². The van der Waals surface area contributed by atoms with E-state index in [1.54, 1.807) is 0 Å². The number of amides is 1. The summed E-state index contributed by atoms with van der Waals surface area (Å²) in [4.78, 5) is 13.6. The molecule has 2 aromatic rings. The van der Waals surface area contributed by atoms with Crippen molar-refractivity contribution in [2.75, 3.05) is 7.05 Å². The molecule has 0 heterocycles. The second-order valence-electron chi connectivity index (χ2n) is 5.23. The summed E-state index contributed by atoms with van der Waals surface area (Å²) in [6, 6.07) is 9.88. The van der Waals surface area contributed by atoms with Crippen LogP contribution in [0.5, 0.6) is 5.75 Å². The molecule has 0 aromatic heterocycles. The molecule has 0 fully saturated rings. The molecule has 0 radical (unpaired) electrons. The molecule has 2 rings (SSSR count). The molecule has 0 aliphatic carbocycles. The lowest BCUT2D eigenvalue weighted by molar-refractivity contribution is -0.137. The molecule has 0 aliphatic rings.